The molecule has 0 aliphatic rings. The summed E-state index contributed by atoms with van der Waals surface area (Å²) in [5, 5.41) is 0. The highest BCUT2D eigenvalue weighted by Crippen LogP contribution is 2.06. The first-order valence-corrected chi connectivity index (χ1v) is 5.11. The van der Waals surface area contributed by atoms with E-state index in [1.807, 2.05) is 0 Å². The zero-order valence-electron chi connectivity index (χ0n) is 9.59. The summed E-state index contributed by atoms with van der Waals surface area (Å²) >= 11 is 0. The van der Waals surface area contributed by atoms with Gasteiger partial charge in [-0.15, -0.1) is 12.1 Å². The SMILES string of the molecule is C=C([B]c1ccc(C)cc1C)C(C)C. The van der Waals surface area contributed by atoms with Gasteiger partial charge >= 0.3 is 0 Å². The summed E-state index contributed by atoms with van der Waals surface area (Å²) < 4.78 is 0. The molecule has 1 rings (SSSR count). The lowest BCUT2D eigenvalue weighted by atomic mass is 9.59. The third-order valence-corrected chi connectivity index (χ3v) is 2.51. The third-order valence-electron chi connectivity index (χ3n) is 2.51. The highest BCUT2D eigenvalue weighted by molar-refractivity contribution is 6.61. The van der Waals surface area contributed by atoms with Crippen LogP contribution in [0.3, 0.4) is 0 Å². The smallest absolute Gasteiger partial charge is 0.109 e. The van der Waals surface area contributed by atoms with Crippen molar-refractivity contribution in [3.63, 3.8) is 0 Å². The van der Waals surface area contributed by atoms with Crippen molar-refractivity contribution in [3.8, 4) is 0 Å². The number of hydrogen-bond donors (Lipinski definition) is 0. The van der Waals surface area contributed by atoms with E-state index in [0.717, 1.165) is 0 Å². The van der Waals surface area contributed by atoms with Crippen molar-refractivity contribution in [3.05, 3.63) is 41.4 Å². The molecule has 0 aliphatic carbocycles. The minimum absolute atomic E-state index is 0.524. The number of hydrogen-bond acceptors (Lipinski definition) is 0. The van der Waals surface area contributed by atoms with E-state index in [0.29, 0.717) is 5.92 Å². The molecule has 0 N–H and O–H groups in total. The van der Waals surface area contributed by atoms with Gasteiger partial charge in [0.15, 0.2) is 7.28 Å². The lowest BCUT2D eigenvalue weighted by Crippen LogP contribution is -2.21. The van der Waals surface area contributed by atoms with Crippen molar-refractivity contribution in [2.75, 3.05) is 0 Å². The summed E-state index contributed by atoms with van der Waals surface area (Å²) in [6.07, 6.45) is 0. The molecule has 0 saturated carbocycles. The van der Waals surface area contributed by atoms with Crippen LogP contribution < -0.4 is 5.46 Å². The Balaban J connectivity index is 2.82. The van der Waals surface area contributed by atoms with Gasteiger partial charge in [-0.3, -0.25) is 0 Å². The maximum Gasteiger partial charge on any atom is 0.185 e. The lowest BCUT2D eigenvalue weighted by molar-refractivity contribution is 0.814. The Bertz CT molecular complexity index is 337. The number of allylic oxidation sites excluding steroid dienone is 1. The largest absolute Gasteiger partial charge is 0.185 e. The van der Waals surface area contributed by atoms with Crippen molar-refractivity contribution in [2.24, 2.45) is 5.92 Å². The van der Waals surface area contributed by atoms with Gasteiger partial charge in [-0.25, -0.2) is 0 Å². The first kappa shape index (κ1) is 11.1. The second-order valence-corrected chi connectivity index (χ2v) is 4.23. The molecule has 0 fully saturated rings. The van der Waals surface area contributed by atoms with Crippen LogP contribution in [0, 0.1) is 19.8 Å². The van der Waals surface area contributed by atoms with Gasteiger partial charge in [0, 0.05) is 0 Å². The Morgan fingerprint density at radius 2 is 1.93 bits per heavy atom. The van der Waals surface area contributed by atoms with Crippen LogP contribution in [0.1, 0.15) is 25.0 Å². The maximum atomic E-state index is 4.06. The Hall–Kier alpha value is -0.975. The quantitative estimate of drug-likeness (QED) is 0.635. The molecule has 1 aromatic carbocycles. The molecule has 1 heteroatoms. The average molecular weight is 185 g/mol. The first-order chi connectivity index (χ1) is 6.50. The van der Waals surface area contributed by atoms with Crippen LogP contribution in [-0.4, -0.2) is 7.28 Å². The molecule has 14 heavy (non-hydrogen) atoms. The molecule has 0 atom stereocenters. The predicted octanol–water partition coefficient (Wildman–Crippen LogP) is 2.80. The summed E-state index contributed by atoms with van der Waals surface area (Å²) in [5.74, 6) is 0.524. The van der Waals surface area contributed by atoms with E-state index in [9.17, 15) is 0 Å². The minimum atomic E-state index is 0.524. The van der Waals surface area contributed by atoms with Gasteiger partial charge in [-0.1, -0.05) is 48.6 Å². The fraction of sp³-hybridized carbons (Fsp3) is 0.385. The van der Waals surface area contributed by atoms with Crippen molar-refractivity contribution < 1.29 is 0 Å². The van der Waals surface area contributed by atoms with Gasteiger partial charge in [-0.2, -0.15) is 0 Å². The molecule has 0 nitrogen and oxygen atoms in total. The second-order valence-electron chi connectivity index (χ2n) is 4.23. The van der Waals surface area contributed by atoms with Crippen LogP contribution in [0.5, 0.6) is 0 Å². The summed E-state index contributed by atoms with van der Waals surface area (Å²) in [6, 6.07) is 6.52. The Morgan fingerprint density at radius 1 is 1.29 bits per heavy atom. The summed E-state index contributed by atoms with van der Waals surface area (Å²) in [5.41, 5.74) is 5.12. The summed E-state index contributed by atoms with van der Waals surface area (Å²) in [4.78, 5) is 0. The fourth-order valence-electron chi connectivity index (χ4n) is 1.35. The van der Waals surface area contributed by atoms with Crippen LogP contribution in [0.2, 0.25) is 0 Å². The Kier molecular flexibility index (Phi) is 3.57. The van der Waals surface area contributed by atoms with E-state index in [-0.39, 0.29) is 0 Å². The van der Waals surface area contributed by atoms with Crippen LogP contribution >= 0.6 is 0 Å². The minimum Gasteiger partial charge on any atom is -0.109 e. The van der Waals surface area contributed by atoms with Crippen LogP contribution in [-0.2, 0) is 0 Å². The normalized spacial score (nSPS) is 10.4. The summed E-state index contributed by atoms with van der Waals surface area (Å²) in [6.45, 7) is 12.7. The van der Waals surface area contributed by atoms with Crippen molar-refractivity contribution >= 4 is 12.7 Å². The molecule has 0 saturated heterocycles. The number of aryl methyl sites for hydroxylation is 2. The molecule has 0 aliphatic heterocycles. The van der Waals surface area contributed by atoms with Gasteiger partial charge in [0.25, 0.3) is 0 Å². The monoisotopic (exact) mass is 185 g/mol. The molecule has 1 radical (unpaired) electrons. The number of rotatable bonds is 3. The van der Waals surface area contributed by atoms with Crippen LogP contribution in [0.4, 0.5) is 0 Å². The van der Waals surface area contributed by atoms with E-state index in [2.05, 4.69) is 59.8 Å². The summed E-state index contributed by atoms with van der Waals surface area (Å²) in [7, 11) is 2.18. The zero-order valence-corrected chi connectivity index (χ0v) is 9.59. The second kappa shape index (κ2) is 4.50. The molecule has 0 spiro atoms. The van der Waals surface area contributed by atoms with Gasteiger partial charge in [0.05, 0.1) is 0 Å². The average Bonchev–Trinajstić information content (AvgIpc) is 2.09. The van der Waals surface area contributed by atoms with E-state index in [4.69, 9.17) is 0 Å². The maximum absolute atomic E-state index is 4.06. The van der Waals surface area contributed by atoms with E-state index in [1.165, 1.54) is 22.1 Å². The third kappa shape index (κ3) is 2.76. The van der Waals surface area contributed by atoms with Gasteiger partial charge in [0.2, 0.25) is 0 Å². The highest BCUT2D eigenvalue weighted by Gasteiger charge is 2.06. The molecule has 0 unspecified atom stereocenters. The molecule has 1 aromatic rings. The fourth-order valence-corrected chi connectivity index (χ4v) is 1.35. The van der Waals surface area contributed by atoms with Gasteiger partial charge in [-0.05, 0) is 19.8 Å². The molecule has 0 heterocycles. The topological polar surface area (TPSA) is 0 Å². The zero-order chi connectivity index (χ0) is 10.7. The number of benzene rings is 1. The Morgan fingerprint density at radius 3 is 2.43 bits per heavy atom. The predicted molar refractivity (Wildman–Crippen MR) is 65.3 cm³/mol. The van der Waals surface area contributed by atoms with Gasteiger partial charge < -0.3 is 0 Å². The molecular weight excluding hydrogens is 167 g/mol. The lowest BCUT2D eigenvalue weighted by Gasteiger charge is -2.10. The van der Waals surface area contributed by atoms with Crippen molar-refractivity contribution in [1.29, 1.82) is 0 Å². The van der Waals surface area contributed by atoms with E-state index in [1.54, 1.807) is 0 Å². The Labute approximate surface area is 88.3 Å². The van der Waals surface area contributed by atoms with Crippen molar-refractivity contribution in [1.82, 2.24) is 0 Å². The van der Waals surface area contributed by atoms with E-state index < -0.39 is 0 Å². The molecular formula is C13H18B. The molecule has 0 amide bonds. The first-order valence-electron chi connectivity index (χ1n) is 5.11. The van der Waals surface area contributed by atoms with Crippen molar-refractivity contribution in [2.45, 2.75) is 27.7 Å². The highest BCUT2D eigenvalue weighted by atomic mass is 14.0. The van der Waals surface area contributed by atoms with Gasteiger partial charge in [0.1, 0.15) is 0 Å². The van der Waals surface area contributed by atoms with Crippen LogP contribution in [0.15, 0.2) is 30.3 Å². The standard InChI is InChI=1S/C13H18B/c1-9(2)12(5)14-13-7-6-10(3)8-11(13)4/h6-9H,5H2,1-4H3. The molecule has 0 aromatic heterocycles. The molecule has 73 valence electrons. The van der Waals surface area contributed by atoms with Crippen LogP contribution in [0.25, 0.3) is 0 Å². The molecule has 0 bridgehead atoms. The van der Waals surface area contributed by atoms with E-state index >= 15 is 0 Å².